The van der Waals surface area contributed by atoms with Crippen molar-refractivity contribution < 1.29 is 0 Å². The van der Waals surface area contributed by atoms with Gasteiger partial charge in [0.05, 0.1) is 12.3 Å². The molecule has 41 heavy (non-hydrogen) atoms. The minimum absolute atomic E-state index is 0.625. The highest BCUT2D eigenvalue weighted by Gasteiger charge is 2.11. The highest BCUT2D eigenvalue weighted by atomic mass is 14.7. The molecule has 1 heteroatoms. The van der Waals surface area contributed by atoms with Crippen molar-refractivity contribution in [3.63, 3.8) is 0 Å². The zero-order valence-electron chi connectivity index (χ0n) is 23.0. The minimum atomic E-state index is 0.625. The van der Waals surface area contributed by atoms with Crippen LogP contribution in [0.25, 0.3) is 44.8 Å². The molecule has 0 atom stereocenters. The molecule has 0 fully saturated rings. The predicted molar refractivity (Wildman–Crippen MR) is 176 cm³/mol. The molecule has 0 saturated carbocycles. The van der Waals surface area contributed by atoms with Crippen LogP contribution in [0.3, 0.4) is 0 Å². The SMILES string of the molecule is C1=Cc2cccc(-c3ccc(CN=C(/C=C/c4ccc5ccccc5c4)c4ccc5ccccc5c4)cc3)c2CC1. The zero-order valence-corrected chi connectivity index (χ0v) is 23.0. The Hall–Kier alpha value is -5.01. The number of benzene rings is 6. The molecule has 1 aliphatic carbocycles. The van der Waals surface area contributed by atoms with E-state index < -0.39 is 0 Å². The molecule has 0 aliphatic heterocycles. The maximum absolute atomic E-state index is 5.14. The molecule has 0 bridgehead atoms. The Kier molecular flexibility index (Phi) is 6.85. The molecule has 1 aliphatic rings. The molecule has 6 aromatic rings. The summed E-state index contributed by atoms with van der Waals surface area (Å²) >= 11 is 0. The van der Waals surface area contributed by atoms with E-state index >= 15 is 0 Å². The van der Waals surface area contributed by atoms with Crippen molar-refractivity contribution in [1.29, 1.82) is 0 Å². The van der Waals surface area contributed by atoms with Crippen LogP contribution in [0.5, 0.6) is 0 Å². The molecule has 0 saturated heterocycles. The van der Waals surface area contributed by atoms with Crippen LogP contribution < -0.4 is 0 Å². The summed E-state index contributed by atoms with van der Waals surface area (Å²) in [6.07, 6.45) is 11.1. The molecule has 0 spiro atoms. The molecular weight excluding hydrogens is 494 g/mol. The van der Waals surface area contributed by atoms with E-state index in [-0.39, 0.29) is 0 Å². The predicted octanol–water partition coefficient (Wildman–Crippen LogP) is 10.3. The number of fused-ring (bicyclic) bond motifs is 3. The molecule has 196 valence electrons. The zero-order chi connectivity index (χ0) is 27.4. The van der Waals surface area contributed by atoms with Gasteiger partial charge in [-0.05, 0) is 86.0 Å². The highest BCUT2D eigenvalue weighted by Crippen LogP contribution is 2.31. The third-order valence-corrected chi connectivity index (χ3v) is 8.02. The maximum atomic E-state index is 5.14. The number of rotatable bonds is 6. The van der Waals surface area contributed by atoms with Crippen LogP contribution in [0.15, 0.2) is 145 Å². The summed E-state index contributed by atoms with van der Waals surface area (Å²) in [7, 11) is 0. The monoisotopic (exact) mass is 525 g/mol. The lowest BCUT2D eigenvalue weighted by Crippen LogP contribution is -1.99. The third-order valence-electron chi connectivity index (χ3n) is 8.02. The van der Waals surface area contributed by atoms with E-state index in [0.29, 0.717) is 6.54 Å². The largest absolute Gasteiger partial charge is 0.280 e. The summed E-state index contributed by atoms with van der Waals surface area (Å²) < 4.78 is 0. The van der Waals surface area contributed by atoms with Crippen LogP contribution >= 0.6 is 0 Å². The second kappa shape index (κ2) is 11.2. The fraction of sp³-hybridized carbons (Fsp3) is 0.0750. The first-order valence-corrected chi connectivity index (χ1v) is 14.4. The van der Waals surface area contributed by atoms with Gasteiger partial charge in [0.25, 0.3) is 0 Å². The highest BCUT2D eigenvalue weighted by molar-refractivity contribution is 6.12. The summed E-state index contributed by atoms with van der Waals surface area (Å²) in [4.78, 5) is 5.14. The molecule has 1 nitrogen and oxygen atoms in total. The lowest BCUT2D eigenvalue weighted by molar-refractivity contribution is 0.988. The average Bonchev–Trinajstić information content (AvgIpc) is 3.04. The number of hydrogen-bond acceptors (Lipinski definition) is 1. The Bertz CT molecular complexity index is 1950. The van der Waals surface area contributed by atoms with Gasteiger partial charge in [0.15, 0.2) is 0 Å². The first-order chi connectivity index (χ1) is 20.3. The van der Waals surface area contributed by atoms with Gasteiger partial charge in [-0.1, -0.05) is 133 Å². The van der Waals surface area contributed by atoms with Gasteiger partial charge in [-0.3, -0.25) is 4.99 Å². The molecule has 0 unspecified atom stereocenters. The number of aliphatic imine (C=N–C) groups is 1. The van der Waals surface area contributed by atoms with Crippen molar-refractivity contribution in [2.24, 2.45) is 4.99 Å². The van der Waals surface area contributed by atoms with Crippen molar-refractivity contribution >= 4 is 39.4 Å². The van der Waals surface area contributed by atoms with Gasteiger partial charge in [0, 0.05) is 5.56 Å². The van der Waals surface area contributed by atoms with Crippen molar-refractivity contribution in [2.45, 2.75) is 19.4 Å². The molecule has 0 aromatic heterocycles. The Labute approximate surface area is 241 Å². The van der Waals surface area contributed by atoms with Gasteiger partial charge in [0.2, 0.25) is 0 Å². The number of allylic oxidation sites excluding steroid dienone is 2. The molecule has 6 aromatic carbocycles. The lowest BCUT2D eigenvalue weighted by Gasteiger charge is -2.16. The van der Waals surface area contributed by atoms with Crippen LogP contribution in [0.2, 0.25) is 0 Å². The van der Waals surface area contributed by atoms with E-state index in [1.165, 1.54) is 54.9 Å². The van der Waals surface area contributed by atoms with Crippen LogP contribution in [-0.2, 0) is 13.0 Å². The fourth-order valence-electron chi connectivity index (χ4n) is 5.79. The molecule has 7 rings (SSSR count). The standard InChI is InChI=1S/C40H31N/c1-3-11-35-26-29(16-20-31(35)8-1)19-25-40(37-24-23-32-9-2-4-12-36(32)27-37)41-28-30-17-21-34(22-18-30)39-15-7-13-33-10-5-6-14-38(33)39/h1-5,7-13,15-27H,6,14,28H2/b25-19+,41-40?. The van der Waals surface area contributed by atoms with Crippen molar-refractivity contribution in [3.8, 4) is 11.1 Å². The second-order valence-corrected chi connectivity index (χ2v) is 10.7. The minimum Gasteiger partial charge on any atom is -0.280 e. The number of nitrogens with zero attached hydrogens (tertiary/aromatic N) is 1. The van der Waals surface area contributed by atoms with Crippen molar-refractivity contribution in [2.75, 3.05) is 0 Å². The molecule has 0 radical (unpaired) electrons. The molecule has 0 heterocycles. The topological polar surface area (TPSA) is 12.4 Å². The summed E-state index contributed by atoms with van der Waals surface area (Å²) in [5, 5.41) is 4.96. The van der Waals surface area contributed by atoms with Crippen LogP contribution in [0.1, 0.15) is 34.2 Å². The summed E-state index contributed by atoms with van der Waals surface area (Å²) in [5.41, 5.74) is 9.91. The Morgan fingerprint density at radius 3 is 2.20 bits per heavy atom. The normalized spacial score (nSPS) is 13.2. The van der Waals surface area contributed by atoms with Gasteiger partial charge < -0.3 is 0 Å². The fourth-order valence-corrected chi connectivity index (χ4v) is 5.79. The van der Waals surface area contributed by atoms with E-state index in [4.69, 9.17) is 4.99 Å². The quantitative estimate of drug-likeness (QED) is 0.192. The number of hydrogen-bond donors (Lipinski definition) is 0. The van der Waals surface area contributed by atoms with E-state index in [0.717, 1.165) is 24.1 Å². The first kappa shape index (κ1) is 25.0. The third kappa shape index (κ3) is 5.40. The van der Waals surface area contributed by atoms with E-state index in [1.807, 2.05) is 0 Å². The smallest absolute Gasteiger partial charge is 0.0651 e. The van der Waals surface area contributed by atoms with Gasteiger partial charge in [0.1, 0.15) is 0 Å². The second-order valence-electron chi connectivity index (χ2n) is 10.7. The van der Waals surface area contributed by atoms with Gasteiger partial charge >= 0.3 is 0 Å². The van der Waals surface area contributed by atoms with Crippen LogP contribution in [-0.4, -0.2) is 5.71 Å². The summed E-state index contributed by atoms with van der Waals surface area (Å²) in [6.45, 7) is 0.625. The molecular formula is C40H31N. The van der Waals surface area contributed by atoms with Gasteiger partial charge in [-0.2, -0.15) is 0 Å². The Balaban J connectivity index is 1.20. The average molecular weight is 526 g/mol. The van der Waals surface area contributed by atoms with E-state index in [9.17, 15) is 0 Å². The summed E-state index contributed by atoms with van der Waals surface area (Å²) in [6, 6.07) is 45.8. The van der Waals surface area contributed by atoms with Crippen LogP contribution in [0.4, 0.5) is 0 Å². The Morgan fingerprint density at radius 1 is 0.659 bits per heavy atom. The molecule has 0 amide bonds. The van der Waals surface area contributed by atoms with Gasteiger partial charge in [-0.15, -0.1) is 0 Å². The lowest BCUT2D eigenvalue weighted by atomic mass is 9.89. The van der Waals surface area contributed by atoms with Crippen molar-refractivity contribution in [1.82, 2.24) is 0 Å². The maximum Gasteiger partial charge on any atom is 0.0651 e. The molecule has 0 N–H and O–H groups in total. The van der Waals surface area contributed by atoms with Gasteiger partial charge in [-0.25, -0.2) is 0 Å². The summed E-state index contributed by atoms with van der Waals surface area (Å²) in [5.74, 6) is 0. The van der Waals surface area contributed by atoms with Crippen molar-refractivity contribution in [3.05, 3.63) is 167 Å². The Morgan fingerprint density at radius 2 is 1.39 bits per heavy atom. The van der Waals surface area contributed by atoms with Crippen LogP contribution in [0, 0.1) is 0 Å². The van der Waals surface area contributed by atoms with E-state index in [2.05, 4.69) is 152 Å². The van der Waals surface area contributed by atoms with E-state index in [1.54, 1.807) is 0 Å². The first-order valence-electron chi connectivity index (χ1n) is 14.4.